The standard InChI is InChI=1S/C63H43NS/c1-63(2)56-22-12-10-19-50(56)51-34-32-45(38-57(51)63)64(46-33-35-53-52-20-11-13-23-59(52)65-60(53)39-46)58-37-36-55-49-18-7-6-16-47(49)48-17-8-9-21-54(48)62(55)61(58)44-30-28-43(29-31-44)42-26-24-41(25-27-42)40-14-4-3-5-15-40/h3-39H,1-2H3. The number of rotatable bonds is 6. The molecule has 0 saturated heterocycles. The predicted molar refractivity (Wildman–Crippen MR) is 280 cm³/mol. The van der Waals surface area contributed by atoms with Gasteiger partial charge in [-0.2, -0.15) is 0 Å². The van der Waals surface area contributed by atoms with Gasteiger partial charge in [0, 0.05) is 47.9 Å². The lowest BCUT2D eigenvalue weighted by atomic mass is 9.82. The molecule has 65 heavy (non-hydrogen) atoms. The van der Waals surface area contributed by atoms with Gasteiger partial charge in [0.1, 0.15) is 0 Å². The Morgan fingerprint density at radius 2 is 0.815 bits per heavy atom. The number of thiophene rings is 1. The van der Waals surface area contributed by atoms with E-state index < -0.39 is 0 Å². The van der Waals surface area contributed by atoms with E-state index >= 15 is 0 Å². The van der Waals surface area contributed by atoms with Gasteiger partial charge < -0.3 is 4.90 Å². The molecule has 1 nitrogen and oxygen atoms in total. The highest BCUT2D eigenvalue weighted by Gasteiger charge is 2.36. The molecule has 0 radical (unpaired) electrons. The van der Waals surface area contributed by atoms with Gasteiger partial charge in [0.2, 0.25) is 0 Å². The van der Waals surface area contributed by atoms with Crippen LogP contribution in [0.2, 0.25) is 0 Å². The van der Waals surface area contributed by atoms with Gasteiger partial charge in [0.25, 0.3) is 0 Å². The van der Waals surface area contributed by atoms with Crippen molar-refractivity contribution in [2.45, 2.75) is 19.3 Å². The van der Waals surface area contributed by atoms with E-state index in [1.807, 2.05) is 11.3 Å². The van der Waals surface area contributed by atoms with Gasteiger partial charge in [0.05, 0.1) is 5.69 Å². The molecule has 2 heteroatoms. The minimum absolute atomic E-state index is 0.153. The summed E-state index contributed by atoms with van der Waals surface area (Å²) in [5.74, 6) is 0. The summed E-state index contributed by atoms with van der Waals surface area (Å²) in [5, 5.41) is 10.2. The second-order valence-electron chi connectivity index (χ2n) is 18.0. The number of fused-ring (bicyclic) bond motifs is 12. The van der Waals surface area contributed by atoms with E-state index in [0.29, 0.717) is 0 Å². The average Bonchev–Trinajstić information content (AvgIpc) is 3.85. The smallest absolute Gasteiger partial charge is 0.0546 e. The Hall–Kier alpha value is -7.78. The van der Waals surface area contributed by atoms with E-state index in [0.717, 1.165) is 17.1 Å². The number of hydrogen-bond acceptors (Lipinski definition) is 2. The summed E-state index contributed by atoms with van der Waals surface area (Å²) in [6, 6.07) is 83.6. The topological polar surface area (TPSA) is 3.24 Å². The molecule has 0 N–H and O–H groups in total. The molecule has 306 valence electrons. The lowest BCUT2D eigenvalue weighted by molar-refractivity contribution is 0.660. The molecular formula is C63H43NS. The minimum Gasteiger partial charge on any atom is -0.310 e. The van der Waals surface area contributed by atoms with Crippen molar-refractivity contribution in [3.8, 4) is 44.5 Å². The summed E-state index contributed by atoms with van der Waals surface area (Å²) in [6.45, 7) is 4.76. The molecule has 0 atom stereocenters. The van der Waals surface area contributed by atoms with Gasteiger partial charge in [-0.15, -0.1) is 11.3 Å². The first-order chi connectivity index (χ1) is 32.0. The molecule has 0 unspecified atom stereocenters. The van der Waals surface area contributed by atoms with Crippen LogP contribution in [0, 0.1) is 0 Å². The molecule has 0 amide bonds. The van der Waals surface area contributed by atoms with Crippen molar-refractivity contribution >= 4 is 80.9 Å². The summed E-state index contributed by atoms with van der Waals surface area (Å²) in [4.78, 5) is 2.54. The van der Waals surface area contributed by atoms with Gasteiger partial charge >= 0.3 is 0 Å². The van der Waals surface area contributed by atoms with Crippen molar-refractivity contribution in [3.63, 3.8) is 0 Å². The zero-order valence-electron chi connectivity index (χ0n) is 36.2. The number of benzene rings is 11. The molecule has 11 aromatic carbocycles. The third-order valence-corrected chi connectivity index (χ3v) is 15.2. The van der Waals surface area contributed by atoms with E-state index in [9.17, 15) is 0 Å². The molecule has 1 aliphatic carbocycles. The van der Waals surface area contributed by atoms with Gasteiger partial charge in [-0.1, -0.05) is 202 Å². The molecule has 0 aliphatic heterocycles. The van der Waals surface area contributed by atoms with E-state index in [2.05, 4.69) is 243 Å². The van der Waals surface area contributed by atoms with Crippen LogP contribution in [0.4, 0.5) is 17.1 Å². The van der Waals surface area contributed by atoms with Crippen molar-refractivity contribution < 1.29 is 0 Å². The second kappa shape index (κ2) is 14.6. The summed E-state index contributed by atoms with van der Waals surface area (Å²) < 4.78 is 2.59. The predicted octanol–water partition coefficient (Wildman–Crippen LogP) is 18.3. The van der Waals surface area contributed by atoms with Gasteiger partial charge in [-0.05, 0) is 113 Å². The molecular weight excluding hydrogens is 803 g/mol. The molecule has 12 aromatic rings. The number of anilines is 3. The van der Waals surface area contributed by atoms with E-state index in [-0.39, 0.29) is 5.41 Å². The Balaban J connectivity index is 1.08. The molecule has 13 rings (SSSR count). The average molecular weight is 846 g/mol. The van der Waals surface area contributed by atoms with Crippen molar-refractivity contribution in [2.24, 2.45) is 0 Å². The Bertz CT molecular complexity index is 3800. The van der Waals surface area contributed by atoms with Crippen LogP contribution in [0.15, 0.2) is 224 Å². The molecule has 0 saturated carbocycles. The van der Waals surface area contributed by atoms with Gasteiger partial charge in [-0.3, -0.25) is 0 Å². The highest BCUT2D eigenvalue weighted by atomic mass is 32.1. The van der Waals surface area contributed by atoms with E-state index in [4.69, 9.17) is 0 Å². The third kappa shape index (κ3) is 5.91. The summed E-state index contributed by atoms with van der Waals surface area (Å²) >= 11 is 1.87. The van der Waals surface area contributed by atoms with Crippen molar-refractivity contribution in [1.29, 1.82) is 0 Å². The zero-order valence-corrected chi connectivity index (χ0v) is 37.0. The summed E-state index contributed by atoms with van der Waals surface area (Å²) in [6.07, 6.45) is 0. The first-order valence-electron chi connectivity index (χ1n) is 22.6. The fourth-order valence-corrected chi connectivity index (χ4v) is 12.0. The third-order valence-electron chi connectivity index (χ3n) is 14.1. The summed E-state index contributed by atoms with van der Waals surface area (Å²) in [7, 11) is 0. The molecule has 1 heterocycles. The molecule has 0 bridgehead atoms. The SMILES string of the molecule is CC1(C)c2ccccc2-c2ccc(N(c3ccc4c(c3)sc3ccccc34)c3ccc4c5ccccc5c5ccccc5c4c3-c3ccc(-c4ccc(-c5ccccc5)cc4)cc3)cc21. The van der Waals surface area contributed by atoms with E-state index in [1.54, 1.807) is 0 Å². The van der Waals surface area contributed by atoms with Crippen LogP contribution in [-0.4, -0.2) is 0 Å². The lowest BCUT2D eigenvalue weighted by Gasteiger charge is -2.31. The van der Waals surface area contributed by atoms with Crippen LogP contribution >= 0.6 is 11.3 Å². The van der Waals surface area contributed by atoms with Crippen molar-refractivity contribution in [1.82, 2.24) is 0 Å². The fraction of sp³-hybridized carbons (Fsp3) is 0.0476. The molecule has 0 fully saturated rings. The maximum absolute atomic E-state index is 2.54. The van der Waals surface area contributed by atoms with Crippen LogP contribution in [0.3, 0.4) is 0 Å². The van der Waals surface area contributed by atoms with Crippen LogP contribution in [-0.2, 0) is 5.41 Å². The van der Waals surface area contributed by atoms with Crippen molar-refractivity contribution in [2.75, 3.05) is 4.90 Å². The molecule has 0 spiro atoms. The lowest BCUT2D eigenvalue weighted by Crippen LogP contribution is -2.17. The Kier molecular flexibility index (Phi) is 8.50. The monoisotopic (exact) mass is 845 g/mol. The first-order valence-corrected chi connectivity index (χ1v) is 23.4. The maximum Gasteiger partial charge on any atom is 0.0546 e. The van der Waals surface area contributed by atoms with Crippen LogP contribution in [0.5, 0.6) is 0 Å². The fourth-order valence-electron chi connectivity index (χ4n) is 10.9. The van der Waals surface area contributed by atoms with Gasteiger partial charge in [-0.25, -0.2) is 0 Å². The highest BCUT2D eigenvalue weighted by Crippen LogP contribution is 2.53. The summed E-state index contributed by atoms with van der Waals surface area (Å²) in [5.41, 5.74) is 15.9. The molecule has 1 aromatic heterocycles. The van der Waals surface area contributed by atoms with E-state index in [1.165, 1.54) is 108 Å². The normalized spacial score (nSPS) is 12.9. The van der Waals surface area contributed by atoms with Crippen molar-refractivity contribution in [3.05, 3.63) is 236 Å². The maximum atomic E-state index is 2.54. The number of hydrogen-bond donors (Lipinski definition) is 0. The minimum atomic E-state index is -0.153. The van der Waals surface area contributed by atoms with Crippen LogP contribution in [0.1, 0.15) is 25.0 Å². The largest absolute Gasteiger partial charge is 0.310 e. The van der Waals surface area contributed by atoms with Crippen LogP contribution in [0.25, 0.3) is 97.0 Å². The number of nitrogens with zero attached hydrogens (tertiary/aromatic N) is 1. The zero-order chi connectivity index (χ0) is 43.2. The van der Waals surface area contributed by atoms with Gasteiger partial charge in [0.15, 0.2) is 0 Å². The Morgan fingerprint density at radius 1 is 0.338 bits per heavy atom. The Labute approximate surface area is 383 Å². The molecule has 1 aliphatic rings. The Morgan fingerprint density at radius 3 is 1.52 bits per heavy atom. The quantitative estimate of drug-likeness (QED) is 0.151. The highest BCUT2D eigenvalue weighted by molar-refractivity contribution is 7.25. The second-order valence-corrected chi connectivity index (χ2v) is 19.1. The van der Waals surface area contributed by atoms with Crippen LogP contribution < -0.4 is 4.90 Å². The first kappa shape index (κ1) is 37.7.